The van der Waals surface area contributed by atoms with E-state index in [4.69, 9.17) is 9.15 Å². The normalized spacial score (nSPS) is 16.7. The zero-order valence-corrected chi connectivity index (χ0v) is 14.7. The molecule has 0 atom stereocenters. The third kappa shape index (κ3) is 3.29. The topological polar surface area (TPSA) is 140 Å². The fourth-order valence-electron chi connectivity index (χ4n) is 2.54. The molecule has 0 aliphatic carbocycles. The van der Waals surface area contributed by atoms with E-state index in [1.165, 1.54) is 26.3 Å². The summed E-state index contributed by atoms with van der Waals surface area (Å²) in [6, 6.07) is 0. The lowest BCUT2D eigenvalue weighted by Crippen LogP contribution is -2.50. The van der Waals surface area contributed by atoms with Gasteiger partial charge in [-0.25, -0.2) is 13.4 Å². The molecular formula is C14H19N5O5S. The number of aromatic amines is 1. The van der Waals surface area contributed by atoms with E-state index in [1.807, 2.05) is 0 Å². The molecule has 0 spiro atoms. The highest BCUT2D eigenvalue weighted by molar-refractivity contribution is 7.94. The lowest BCUT2D eigenvalue weighted by Gasteiger charge is -2.30. The smallest absolute Gasteiger partial charge is 0.264 e. The first-order chi connectivity index (χ1) is 11.8. The molecule has 2 N–H and O–H groups in total. The first kappa shape index (κ1) is 17.5. The van der Waals surface area contributed by atoms with Crippen LogP contribution in [0.15, 0.2) is 16.9 Å². The minimum absolute atomic E-state index is 0.0477. The van der Waals surface area contributed by atoms with Crippen LogP contribution in [0.25, 0.3) is 11.7 Å². The van der Waals surface area contributed by atoms with Crippen LogP contribution in [-0.4, -0.2) is 57.7 Å². The minimum atomic E-state index is -3.71. The van der Waals surface area contributed by atoms with Crippen molar-refractivity contribution < 1.29 is 22.4 Å². The van der Waals surface area contributed by atoms with Crippen LogP contribution in [0.1, 0.15) is 26.7 Å². The predicted molar refractivity (Wildman–Crippen MR) is 87.3 cm³/mol. The third-order valence-corrected chi connectivity index (χ3v) is 7.17. The summed E-state index contributed by atoms with van der Waals surface area (Å²) in [6.45, 7) is 3.52. The van der Waals surface area contributed by atoms with Crippen LogP contribution >= 0.6 is 0 Å². The second kappa shape index (κ2) is 6.56. The Labute approximate surface area is 144 Å². The van der Waals surface area contributed by atoms with Crippen LogP contribution in [0.5, 0.6) is 0 Å². The van der Waals surface area contributed by atoms with Crippen molar-refractivity contribution in [3.63, 3.8) is 0 Å². The molecule has 11 heteroatoms. The van der Waals surface area contributed by atoms with Gasteiger partial charge >= 0.3 is 0 Å². The molecule has 1 aliphatic rings. The van der Waals surface area contributed by atoms with Crippen molar-refractivity contribution in [3.05, 3.63) is 12.5 Å². The molecule has 2 aromatic rings. The number of amides is 1. The molecule has 1 amide bonds. The Bertz CT molecular complexity index is 837. The molecule has 0 saturated carbocycles. The number of carbonyl (C=O) groups excluding carboxylic acids is 1. The Morgan fingerprint density at radius 1 is 1.36 bits per heavy atom. The van der Waals surface area contributed by atoms with Crippen molar-refractivity contribution in [3.8, 4) is 11.7 Å². The average molecular weight is 369 g/mol. The summed E-state index contributed by atoms with van der Waals surface area (Å²) >= 11 is 0. The molecule has 0 unspecified atom stereocenters. The highest BCUT2D eigenvalue weighted by Gasteiger charge is 2.46. The van der Waals surface area contributed by atoms with Crippen molar-refractivity contribution in [2.24, 2.45) is 0 Å². The number of carbonyl (C=O) groups is 1. The fourth-order valence-corrected chi connectivity index (χ4v) is 4.49. The maximum atomic E-state index is 12.8. The summed E-state index contributed by atoms with van der Waals surface area (Å²) < 4.78 is 34.3. The van der Waals surface area contributed by atoms with Gasteiger partial charge in [-0.05, 0) is 26.7 Å². The Hall–Kier alpha value is -2.27. The Morgan fingerprint density at radius 2 is 2.08 bits per heavy atom. The maximum Gasteiger partial charge on any atom is 0.264 e. The predicted octanol–water partition coefficient (Wildman–Crippen LogP) is 0.771. The second-order valence-corrected chi connectivity index (χ2v) is 8.94. The molecular weight excluding hydrogens is 350 g/mol. The Morgan fingerprint density at radius 3 is 2.72 bits per heavy atom. The maximum absolute atomic E-state index is 12.8. The summed E-state index contributed by atoms with van der Waals surface area (Å²) in [5, 5.41) is 8.24. The average Bonchev–Trinajstić information content (AvgIpc) is 3.26. The number of H-pyrrole nitrogens is 1. The number of hydrogen-bond acceptors (Lipinski definition) is 8. The molecule has 0 bridgehead atoms. The van der Waals surface area contributed by atoms with Gasteiger partial charge in [0.15, 0.2) is 9.84 Å². The second-order valence-electron chi connectivity index (χ2n) is 6.17. The molecule has 3 heterocycles. The number of ether oxygens (including phenoxy) is 1. The molecule has 0 aromatic carbocycles. The Kier molecular flexibility index (Phi) is 4.60. The van der Waals surface area contributed by atoms with E-state index >= 15 is 0 Å². The first-order valence-electron chi connectivity index (χ1n) is 7.77. The number of nitrogens with zero attached hydrogens (tertiary/aromatic N) is 3. The van der Waals surface area contributed by atoms with Gasteiger partial charge in [-0.15, -0.1) is 5.10 Å². The summed E-state index contributed by atoms with van der Waals surface area (Å²) in [6.07, 6.45) is 3.58. The molecule has 1 saturated heterocycles. The standard InChI is InChI=1S/C14H19N5O5S/c1-14(2,25(21,22)9-3-6-23-7-4-9)12(20)17-13-16-10(18-19-13)11-15-5-8-24-11/h5,8-9H,3-4,6-7H2,1-2H3,(H2,16,17,18,19,20). The number of rotatable bonds is 5. The van der Waals surface area contributed by atoms with Gasteiger partial charge in [-0.1, -0.05) is 0 Å². The van der Waals surface area contributed by atoms with Crippen molar-refractivity contribution in [2.45, 2.75) is 36.7 Å². The number of oxazole rings is 1. The Balaban J connectivity index is 1.75. The van der Waals surface area contributed by atoms with E-state index in [0.717, 1.165) is 0 Å². The van der Waals surface area contributed by atoms with Gasteiger partial charge < -0.3 is 9.15 Å². The van der Waals surface area contributed by atoms with Crippen LogP contribution in [0, 0.1) is 0 Å². The zero-order valence-electron chi connectivity index (χ0n) is 13.9. The van der Waals surface area contributed by atoms with Gasteiger partial charge in [0.2, 0.25) is 17.7 Å². The van der Waals surface area contributed by atoms with Crippen LogP contribution in [-0.2, 0) is 19.4 Å². The van der Waals surface area contributed by atoms with Crippen LogP contribution in [0.4, 0.5) is 5.95 Å². The van der Waals surface area contributed by atoms with Crippen molar-refractivity contribution in [1.82, 2.24) is 20.2 Å². The van der Waals surface area contributed by atoms with Crippen LogP contribution in [0.2, 0.25) is 0 Å². The number of anilines is 1. The SMILES string of the molecule is CC(C)(C(=O)Nc1n[nH]c(-c2ncco2)n1)S(=O)(=O)C1CCOCC1. The van der Waals surface area contributed by atoms with Gasteiger partial charge in [-0.3, -0.25) is 15.2 Å². The third-order valence-electron chi connectivity index (χ3n) is 4.21. The monoisotopic (exact) mass is 369 g/mol. The van der Waals surface area contributed by atoms with E-state index in [1.54, 1.807) is 0 Å². The molecule has 3 rings (SSSR count). The van der Waals surface area contributed by atoms with Gasteiger partial charge in [-0.2, -0.15) is 4.98 Å². The summed E-state index contributed by atoms with van der Waals surface area (Å²) in [5.74, 6) is -0.308. The number of sulfone groups is 1. The summed E-state index contributed by atoms with van der Waals surface area (Å²) in [4.78, 5) is 20.5. The van der Waals surface area contributed by atoms with E-state index in [9.17, 15) is 13.2 Å². The first-order valence-corrected chi connectivity index (χ1v) is 9.32. The van der Waals surface area contributed by atoms with E-state index in [2.05, 4.69) is 25.5 Å². The lowest BCUT2D eigenvalue weighted by molar-refractivity contribution is -0.117. The number of nitrogens with one attached hydrogen (secondary N) is 2. The van der Waals surface area contributed by atoms with Gasteiger partial charge in [0.25, 0.3) is 5.89 Å². The van der Waals surface area contributed by atoms with Crippen LogP contribution in [0.3, 0.4) is 0 Å². The van der Waals surface area contributed by atoms with E-state index < -0.39 is 25.7 Å². The van der Waals surface area contributed by atoms with Gasteiger partial charge in [0.1, 0.15) is 11.0 Å². The van der Waals surface area contributed by atoms with Gasteiger partial charge in [0.05, 0.1) is 11.4 Å². The van der Waals surface area contributed by atoms with Crippen LogP contribution < -0.4 is 5.32 Å². The molecule has 25 heavy (non-hydrogen) atoms. The molecule has 10 nitrogen and oxygen atoms in total. The van der Waals surface area contributed by atoms with Gasteiger partial charge in [0, 0.05) is 13.2 Å². The summed E-state index contributed by atoms with van der Waals surface area (Å²) in [7, 11) is -3.71. The summed E-state index contributed by atoms with van der Waals surface area (Å²) in [5.41, 5.74) is 0. The van der Waals surface area contributed by atoms with Crippen molar-refractivity contribution >= 4 is 21.7 Å². The zero-order chi connectivity index (χ0) is 18.1. The molecule has 2 aromatic heterocycles. The van der Waals surface area contributed by atoms with Crippen molar-refractivity contribution in [2.75, 3.05) is 18.5 Å². The van der Waals surface area contributed by atoms with E-state index in [-0.39, 0.29) is 17.7 Å². The highest BCUT2D eigenvalue weighted by Crippen LogP contribution is 2.28. The van der Waals surface area contributed by atoms with Crippen molar-refractivity contribution in [1.29, 1.82) is 0 Å². The largest absolute Gasteiger partial charge is 0.442 e. The highest BCUT2D eigenvalue weighted by atomic mass is 32.2. The number of aromatic nitrogens is 4. The molecule has 136 valence electrons. The van der Waals surface area contributed by atoms with E-state index in [0.29, 0.717) is 26.1 Å². The number of hydrogen-bond donors (Lipinski definition) is 2. The fraction of sp³-hybridized carbons (Fsp3) is 0.571. The molecule has 0 radical (unpaired) electrons. The lowest BCUT2D eigenvalue weighted by atomic mass is 10.2. The molecule has 1 aliphatic heterocycles. The molecule has 1 fully saturated rings. The minimum Gasteiger partial charge on any atom is -0.442 e. The quantitative estimate of drug-likeness (QED) is 0.787.